The number of aliphatic carboxylic acids is 1. The first kappa shape index (κ1) is 14.2. The fourth-order valence-corrected chi connectivity index (χ4v) is 1.53. The van der Waals surface area contributed by atoms with Crippen LogP contribution in [-0.4, -0.2) is 22.5 Å². The second-order valence-electron chi connectivity index (χ2n) is 3.87. The molecule has 0 amide bonds. The van der Waals surface area contributed by atoms with Gasteiger partial charge in [0, 0.05) is 17.6 Å². The quantitative estimate of drug-likeness (QED) is 0.613. The van der Waals surface area contributed by atoms with Crippen LogP contribution in [0.2, 0.25) is 5.02 Å². The Balaban J connectivity index is 2.69. The van der Waals surface area contributed by atoms with E-state index in [0.29, 0.717) is 23.7 Å². The van der Waals surface area contributed by atoms with E-state index in [9.17, 15) is 14.9 Å². The summed E-state index contributed by atoms with van der Waals surface area (Å²) in [6.07, 6.45) is 0.374. The molecule has 0 aliphatic rings. The van der Waals surface area contributed by atoms with Crippen LogP contribution in [0, 0.1) is 16.0 Å². The Morgan fingerprint density at radius 2 is 2.28 bits per heavy atom. The van der Waals surface area contributed by atoms with Crippen molar-refractivity contribution in [1.29, 1.82) is 0 Å². The summed E-state index contributed by atoms with van der Waals surface area (Å²) >= 11 is 5.76. The average Bonchev–Trinajstić information content (AvgIpc) is 2.28. The van der Waals surface area contributed by atoms with E-state index >= 15 is 0 Å². The highest BCUT2D eigenvalue weighted by Crippen LogP contribution is 2.27. The number of anilines is 1. The van der Waals surface area contributed by atoms with E-state index in [-0.39, 0.29) is 5.69 Å². The van der Waals surface area contributed by atoms with Gasteiger partial charge in [-0.1, -0.05) is 18.5 Å². The third kappa shape index (κ3) is 3.89. The molecule has 18 heavy (non-hydrogen) atoms. The molecule has 1 rings (SSSR count). The van der Waals surface area contributed by atoms with Crippen molar-refractivity contribution < 1.29 is 14.8 Å². The van der Waals surface area contributed by atoms with Crippen LogP contribution >= 0.6 is 11.6 Å². The second kappa shape index (κ2) is 6.20. The molecule has 1 aromatic rings. The van der Waals surface area contributed by atoms with Crippen molar-refractivity contribution in [2.24, 2.45) is 5.92 Å². The van der Waals surface area contributed by atoms with E-state index in [1.807, 2.05) is 0 Å². The van der Waals surface area contributed by atoms with Gasteiger partial charge >= 0.3 is 5.97 Å². The van der Waals surface area contributed by atoms with Gasteiger partial charge in [0.15, 0.2) is 0 Å². The lowest BCUT2D eigenvalue weighted by Gasteiger charge is -2.09. The third-order valence-corrected chi connectivity index (χ3v) is 2.70. The van der Waals surface area contributed by atoms with Crippen molar-refractivity contribution in [2.75, 3.05) is 11.9 Å². The van der Waals surface area contributed by atoms with Gasteiger partial charge in [-0.25, -0.2) is 0 Å². The second-order valence-corrected chi connectivity index (χ2v) is 4.31. The third-order valence-electron chi connectivity index (χ3n) is 2.47. The molecule has 0 aromatic heterocycles. The summed E-state index contributed by atoms with van der Waals surface area (Å²) in [7, 11) is 0. The maximum absolute atomic E-state index is 10.8. The Labute approximate surface area is 109 Å². The molecule has 2 N–H and O–H groups in total. The number of rotatable bonds is 6. The van der Waals surface area contributed by atoms with Crippen LogP contribution in [-0.2, 0) is 4.79 Å². The van der Waals surface area contributed by atoms with Crippen LogP contribution in [0.1, 0.15) is 13.3 Å². The van der Waals surface area contributed by atoms with Crippen molar-refractivity contribution in [2.45, 2.75) is 13.3 Å². The van der Waals surface area contributed by atoms with Gasteiger partial charge in [-0.2, -0.15) is 0 Å². The van der Waals surface area contributed by atoms with Crippen molar-refractivity contribution in [3.8, 4) is 0 Å². The number of nitrogens with one attached hydrogen (secondary N) is 1. The molecule has 1 unspecified atom stereocenters. The number of nitrogens with zero attached hydrogens (tertiary/aromatic N) is 1. The predicted octanol–water partition coefficient (Wildman–Crippen LogP) is 2.77. The van der Waals surface area contributed by atoms with Gasteiger partial charge in [-0.05, 0) is 18.6 Å². The van der Waals surface area contributed by atoms with Gasteiger partial charge in [-0.3, -0.25) is 14.9 Å². The van der Waals surface area contributed by atoms with Gasteiger partial charge in [0.25, 0.3) is 5.69 Å². The number of carbonyl (C=O) groups is 1. The Hall–Kier alpha value is -1.82. The monoisotopic (exact) mass is 272 g/mol. The van der Waals surface area contributed by atoms with E-state index in [4.69, 9.17) is 16.7 Å². The zero-order valence-electron chi connectivity index (χ0n) is 9.72. The molecular formula is C11H13ClN2O4. The number of benzene rings is 1. The van der Waals surface area contributed by atoms with Crippen LogP contribution < -0.4 is 5.32 Å². The first-order chi connectivity index (χ1) is 8.41. The lowest BCUT2D eigenvalue weighted by molar-refractivity contribution is -0.384. The van der Waals surface area contributed by atoms with Crippen molar-refractivity contribution in [1.82, 2.24) is 0 Å². The lowest BCUT2D eigenvalue weighted by Crippen LogP contribution is -2.14. The zero-order valence-corrected chi connectivity index (χ0v) is 10.5. The lowest BCUT2D eigenvalue weighted by atomic mass is 10.1. The number of nitro benzene ring substituents is 1. The minimum atomic E-state index is -0.891. The number of hydrogen-bond acceptors (Lipinski definition) is 4. The summed E-state index contributed by atoms with van der Waals surface area (Å²) in [5.41, 5.74) is 0.215. The molecule has 0 aliphatic carbocycles. The fraction of sp³-hybridized carbons (Fsp3) is 0.364. The Bertz CT molecular complexity index is 464. The number of carboxylic acids is 1. The normalized spacial score (nSPS) is 11.9. The van der Waals surface area contributed by atoms with Gasteiger partial charge in [0.05, 0.1) is 10.8 Å². The van der Waals surface area contributed by atoms with Crippen LogP contribution in [0.5, 0.6) is 0 Å². The molecule has 0 saturated carbocycles. The summed E-state index contributed by atoms with van der Waals surface area (Å²) in [5.74, 6) is -1.40. The van der Waals surface area contributed by atoms with Crippen molar-refractivity contribution in [3.63, 3.8) is 0 Å². The molecule has 0 saturated heterocycles. The smallest absolute Gasteiger partial charge is 0.306 e. The van der Waals surface area contributed by atoms with Crippen LogP contribution in [0.3, 0.4) is 0 Å². The first-order valence-corrected chi connectivity index (χ1v) is 5.70. The van der Waals surface area contributed by atoms with Gasteiger partial charge in [0.2, 0.25) is 0 Å². The van der Waals surface area contributed by atoms with E-state index < -0.39 is 16.8 Å². The average molecular weight is 273 g/mol. The Kier molecular flexibility index (Phi) is 4.91. The molecule has 0 bridgehead atoms. The van der Waals surface area contributed by atoms with Crippen LogP contribution in [0.4, 0.5) is 11.4 Å². The highest BCUT2D eigenvalue weighted by molar-refractivity contribution is 6.31. The summed E-state index contributed by atoms with van der Waals surface area (Å²) in [6.45, 7) is 1.91. The molecule has 0 radical (unpaired) electrons. The maximum atomic E-state index is 10.8. The fourth-order valence-electron chi connectivity index (χ4n) is 1.36. The van der Waals surface area contributed by atoms with Crippen molar-refractivity contribution in [3.05, 3.63) is 33.3 Å². The SMILES string of the molecule is CC(CCNc1cc(Cl)ccc1[N+](=O)[O-])C(=O)O. The summed E-state index contributed by atoms with van der Waals surface area (Å²) in [5, 5.41) is 22.7. The zero-order chi connectivity index (χ0) is 13.7. The molecular weight excluding hydrogens is 260 g/mol. The number of halogens is 1. The first-order valence-electron chi connectivity index (χ1n) is 5.32. The number of carboxylic acid groups (broad SMARTS) is 1. The van der Waals surface area contributed by atoms with Gasteiger partial charge in [-0.15, -0.1) is 0 Å². The van der Waals surface area contributed by atoms with Crippen molar-refractivity contribution >= 4 is 28.9 Å². The molecule has 0 heterocycles. The Morgan fingerprint density at radius 1 is 1.61 bits per heavy atom. The molecule has 1 aromatic carbocycles. The predicted molar refractivity (Wildman–Crippen MR) is 68.0 cm³/mol. The van der Waals surface area contributed by atoms with Gasteiger partial charge < -0.3 is 10.4 Å². The standard InChI is InChI=1S/C11H13ClN2O4/c1-7(11(15)16)4-5-13-9-6-8(12)2-3-10(9)14(17)18/h2-3,6-7,13H,4-5H2,1H3,(H,15,16). The molecule has 6 nitrogen and oxygen atoms in total. The van der Waals surface area contributed by atoms with Crippen LogP contribution in [0.15, 0.2) is 18.2 Å². The molecule has 98 valence electrons. The molecule has 0 spiro atoms. The van der Waals surface area contributed by atoms with E-state index in [0.717, 1.165) is 0 Å². The highest BCUT2D eigenvalue weighted by atomic mass is 35.5. The minimum Gasteiger partial charge on any atom is -0.481 e. The maximum Gasteiger partial charge on any atom is 0.306 e. The topological polar surface area (TPSA) is 92.5 Å². The van der Waals surface area contributed by atoms with E-state index in [2.05, 4.69) is 5.32 Å². The molecule has 0 aliphatic heterocycles. The highest BCUT2D eigenvalue weighted by Gasteiger charge is 2.15. The molecule has 1 atom stereocenters. The van der Waals surface area contributed by atoms with E-state index in [1.165, 1.54) is 18.2 Å². The number of hydrogen-bond donors (Lipinski definition) is 2. The minimum absolute atomic E-state index is 0.0811. The Morgan fingerprint density at radius 3 is 2.83 bits per heavy atom. The number of nitro groups is 1. The largest absolute Gasteiger partial charge is 0.481 e. The molecule has 7 heteroatoms. The van der Waals surface area contributed by atoms with E-state index in [1.54, 1.807) is 6.92 Å². The summed E-state index contributed by atoms with van der Waals surface area (Å²) in [4.78, 5) is 20.9. The summed E-state index contributed by atoms with van der Waals surface area (Å²) in [6, 6.07) is 4.20. The summed E-state index contributed by atoms with van der Waals surface area (Å²) < 4.78 is 0. The van der Waals surface area contributed by atoms with Gasteiger partial charge in [0.1, 0.15) is 5.69 Å². The molecule has 0 fully saturated rings. The van der Waals surface area contributed by atoms with Crippen LogP contribution in [0.25, 0.3) is 0 Å².